The summed E-state index contributed by atoms with van der Waals surface area (Å²) < 4.78 is 9.26. The maximum absolute atomic E-state index is 6.60. The molecule has 0 saturated carbocycles. The Labute approximate surface area is 273 Å². The number of benzene rings is 7. The largest absolute Gasteiger partial charge is 0.456 e. The van der Waals surface area contributed by atoms with E-state index in [0.29, 0.717) is 0 Å². The maximum Gasteiger partial charge on any atom is 0.334 e. The Balaban J connectivity index is 1.28. The van der Waals surface area contributed by atoms with Gasteiger partial charge in [-0.05, 0) is 68.9 Å². The number of aromatic nitrogens is 1. The fraction of sp³-hybridized carbons (Fsp3) is 0. The lowest BCUT2D eigenvalue weighted by Gasteiger charge is -2.38. The van der Waals surface area contributed by atoms with Gasteiger partial charge in [0.15, 0.2) is 0 Å². The van der Waals surface area contributed by atoms with Crippen molar-refractivity contribution in [1.82, 2.24) is 4.48 Å². The molecule has 0 unspecified atom stereocenters. The van der Waals surface area contributed by atoms with E-state index >= 15 is 0 Å². The number of para-hydroxylation sites is 2. The minimum absolute atomic E-state index is 0.0228. The zero-order valence-electron chi connectivity index (χ0n) is 25.1. The molecule has 0 atom stereocenters. The van der Waals surface area contributed by atoms with Crippen molar-refractivity contribution in [2.24, 2.45) is 0 Å². The molecule has 3 nitrogen and oxygen atoms in total. The van der Waals surface area contributed by atoms with E-state index in [1.54, 1.807) is 0 Å². The number of thiophene rings is 1. The van der Waals surface area contributed by atoms with E-state index < -0.39 is 0 Å². The molecule has 5 heteroatoms. The highest BCUT2D eigenvalue weighted by molar-refractivity contribution is 7.17. The summed E-state index contributed by atoms with van der Waals surface area (Å²) in [5, 5.41) is 12.4. The summed E-state index contributed by atoms with van der Waals surface area (Å²) in [5.41, 5.74) is 12.1. The van der Waals surface area contributed by atoms with Crippen LogP contribution in [0.4, 0.5) is 17.1 Å². The molecule has 0 saturated heterocycles. The smallest absolute Gasteiger partial charge is 0.334 e. The second-order valence-electron chi connectivity index (χ2n) is 12.9. The Morgan fingerprint density at radius 2 is 1.30 bits per heavy atom. The minimum Gasteiger partial charge on any atom is -0.456 e. The second kappa shape index (κ2) is 8.52. The number of hydrogen-bond donors (Lipinski definition) is 0. The van der Waals surface area contributed by atoms with Gasteiger partial charge < -0.3 is 13.8 Å². The van der Waals surface area contributed by atoms with Crippen molar-refractivity contribution in [2.45, 2.75) is 0 Å². The van der Waals surface area contributed by atoms with Gasteiger partial charge in [-0.25, -0.2) is 0 Å². The van der Waals surface area contributed by atoms with Crippen LogP contribution in [0.3, 0.4) is 0 Å². The Hall–Kier alpha value is -5.78. The molecule has 12 rings (SSSR count). The van der Waals surface area contributed by atoms with Gasteiger partial charge in [0.25, 0.3) is 0 Å². The first-order valence-corrected chi connectivity index (χ1v) is 17.0. The summed E-state index contributed by atoms with van der Waals surface area (Å²) in [5.74, 6) is 0. The van der Waals surface area contributed by atoms with Gasteiger partial charge in [0.2, 0.25) is 0 Å². The molecule has 5 heterocycles. The first-order valence-electron chi connectivity index (χ1n) is 16.1. The van der Waals surface area contributed by atoms with Crippen LogP contribution in [0.5, 0.6) is 0 Å². The quantitative estimate of drug-likeness (QED) is 0.172. The highest BCUT2D eigenvalue weighted by atomic mass is 32.1. The van der Waals surface area contributed by atoms with E-state index in [1.165, 1.54) is 92.6 Å². The van der Waals surface area contributed by atoms with Gasteiger partial charge in [-0.1, -0.05) is 97.1 Å². The minimum atomic E-state index is 0.0228. The van der Waals surface area contributed by atoms with Gasteiger partial charge in [0.05, 0.1) is 5.69 Å². The molecule has 0 radical (unpaired) electrons. The molecule has 216 valence electrons. The van der Waals surface area contributed by atoms with Gasteiger partial charge >= 0.3 is 6.85 Å². The molecule has 2 aliphatic heterocycles. The molecular formula is C42H23BN2OS. The number of nitrogens with zero attached hydrogens (tertiary/aromatic N) is 2. The van der Waals surface area contributed by atoms with Gasteiger partial charge in [-0.3, -0.25) is 0 Å². The Bertz CT molecular complexity index is 3000. The first-order chi connectivity index (χ1) is 23.3. The highest BCUT2D eigenvalue weighted by Crippen LogP contribution is 2.51. The number of hydrogen-bond acceptors (Lipinski definition) is 3. The predicted octanol–water partition coefficient (Wildman–Crippen LogP) is 10.5. The van der Waals surface area contributed by atoms with Crippen molar-refractivity contribution in [3.63, 3.8) is 0 Å². The van der Waals surface area contributed by atoms with Crippen LogP contribution in [-0.2, 0) is 0 Å². The molecule has 0 bridgehead atoms. The molecule has 0 spiro atoms. The number of anilines is 3. The van der Waals surface area contributed by atoms with Crippen molar-refractivity contribution in [2.75, 3.05) is 4.90 Å². The van der Waals surface area contributed by atoms with Crippen LogP contribution in [0.15, 0.2) is 143 Å². The van der Waals surface area contributed by atoms with Crippen LogP contribution in [0.1, 0.15) is 0 Å². The van der Waals surface area contributed by atoms with E-state index in [0.717, 1.165) is 11.2 Å². The van der Waals surface area contributed by atoms with Crippen LogP contribution >= 0.6 is 11.3 Å². The summed E-state index contributed by atoms with van der Waals surface area (Å²) in [6, 6.07) is 48.9. The number of rotatable bonds is 1. The molecule has 0 fully saturated rings. The Morgan fingerprint density at radius 1 is 0.553 bits per heavy atom. The predicted molar refractivity (Wildman–Crippen MR) is 200 cm³/mol. The Kier molecular flexibility index (Phi) is 4.43. The monoisotopic (exact) mass is 614 g/mol. The molecule has 0 aliphatic carbocycles. The van der Waals surface area contributed by atoms with Gasteiger partial charge in [-0.15, -0.1) is 11.3 Å². The van der Waals surface area contributed by atoms with E-state index in [9.17, 15) is 0 Å². The second-order valence-corrected chi connectivity index (χ2v) is 13.7. The summed E-state index contributed by atoms with van der Waals surface area (Å²) in [4.78, 5) is 3.84. The van der Waals surface area contributed by atoms with Crippen LogP contribution in [0.2, 0.25) is 0 Å². The van der Waals surface area contributed by atoms with Crippen molar-refractivity contribution in [1.29, 1.82) is 0 Å². The normalized spacial score (nSPS) is 13.4. The molecule has 3 aromatic heterocycles. The molecular weight excluding hydrogens is 591 g/mol. The topological polar surface area (TPSA) is 21.3 Å². The van der Waals surface area contributed by atoms with Crippen molar-refractivity contribution < 1.29 is 4.42 Å². The molecule has 0 amide bonds. The lowest BCUT2D eigenvalue weighted by Crippen LogP contribution is -2.56. The van der Waals surface area contributed by atoms with Crippen molar-refractivity contribution in [3.8, 4) is 10.4 Å². The van der Waals surface area contributed by atoms with E-state index in [-0.39, 0.29) is 6.85 Å². The average molecular weight is 615 g/mol. The lowest BCUT2D eigenvalue weighted by molar-refractivity contribution is 0.669. The maximum atomic E-state index is 6.60. The van der Waals surface area contributed by atoms with Crippen molar-refractivity contribution in [3.05, 3.63) is 139 Å². The van der Waals surface area contributed by atoms with Gasteiger partial charge in [-0.2, -0.15) is 0 Å². The zero-order chi connectivity index (χ0) is 30.4. The van der Waals surface area contributed by atoms with Crippen LogP contribution < -0.4 is 15.8 Å². The fourth-order valence-corrected chi connectivity index (χ4v) is 9.83. The van der Waals surface area contributed by atoms with Crippen LogP contribution in [0.25, 0.3) is 75.7 Å². The van der Waals surface area contributed by atoms with E-state index in [1.807, 2.05) is 11.3 Å². The van der Waals surface area contributed by atoms with Crippen LogP contribution in [-0.4, -0.2) is 11.3 Å². The molecule has 7 aromatic carbocycles. The van der Waals surface area contributed by atoms with Crippen molar-refractivity contribution >= 4 is 111 Å². The SMILES string of the molecule is c1ccc2cc(N3c4csc5c4B(c4c3ccc3ccccc43)n3c4ccccc4c4c6c(cc-5c43)oc3ccccc36)ccc2c1. The standard InChI is InChI=1S/C42H23BN2OS/c1-2-11-26-21-27(19-17-24(26)9-1)44-33-20-18-25-10-3-4-12-28(25)39(33)43-40-34(44)23-47-42(40)31-22-36-37(30-14-6-8-16-35(30)46-36)38-29-13-5-7-15-32(29)45(43)41(31)38/h1-23H. The lowest BCUT2D eigenvalue weighted by atomic mass is 9.45. The third kappa shape index (κ3) is 2.95. The third-order valence-corrected chi connectivity index (χ3v) is 11.6. The average Bonchev–Trinajstić information content (AvgIpc) is 3.82. The fourth-order valence-electron chi connectivity index (χ4n) is 8.74. The third-order valence-electron chi connectivity index (χ3n) is 10.6. The Morgan fingerprint density at radius 3 is 2.21 bits per heavy atom. The molecule has 0 N–H and O–H groups in total. The summed E-state index contributed by atoms with van der Waals surface area (Å²) in [6.45, 7) is 0.0228. The molecule has 2 aliphatic rings. The van der Waals surface area contributed by atoms with E-state index in [2.05, 4.69) is 148 Å². The number of fused-ring (bicyclic) bond motifs is 14. The summed E-state index contributed by atoms with van der Waals surface area (Å²) in [6.07, 6.45) is 0. The molecule has 47 heavy (non-hydrogen) atoms. The zero-order valence-corrected chi connectivity index (χ0v) is 25.9. The first kappa shape index (κ1) is 24.5. The van der Waals surface area contributed by atoms with Gasteiger partial charge in [0, 0.05) is 59.8 Å². The summed E-state index contributed by atoms with van der Waals surface area (Å²) in [7, 11) is 0. The highest BCUT2D eigenvalue weighted by Gasteiger charge is 2.45. The van der Waals surface area contributed by atoms with E-state index in [4.69, 9.17) is 4.42 Å². The van der Waals surface area contributed by atoms with Crippen LogP contribution in [0, 0.1) is 0 Å². The molecule has 10 aromatic rings. The number of furan rings is 1. The van der Waals surface area contributed by atoms with Gasteiger partial charge in [0.1, 0.15) is 11.2 Å². The summed E-state index contributed by atoms with van der Waals surface area (Å²) >= 11 is 1.86.